The summed E-state index contributed by atoms with van der Waals surface area (Å²) < 4.78 is 0. The molecule has 0 saturated carbocycles. The van der Waals surface area contributed by atoms with Crippen LogP contribution in [0.2, 0.25) is 5.02 Å². The Labute approximate surface area is 166 Å². The van der Waals surface area contributed by atoms with Gasteiger partial charge in [-0.25, -0.2) is 0 Å². The molecule has 142 valence electrons. The number of carbonyl (C=O) groups is 2. The number of amides is 2. The van der Waals surface area contributed by atoms with Crippen molar-refractivity contribution in [3.63, 3.8) is 0 Å². The van der Waals surface area contributed by atoms with E-state index in [9.17, 15) is 9.59 Å². The summed E-state index contributed by atoms with van der Waals surface area (Å²) in [6.07, 6.45) is 3.07. The Hall–Kier alpha value is -2.19. The molecule has 2 aliphatic rings. The molecule has 9 heteroatoms. The van der Waals surface area contributed by atoms with Gasteiger partial charge in [-0.3, -0.25) is 14.5 Å². The van der Waals surface area contributed by atoms with Crippen LogP contribution >= 0.6 is 22.9 Å². The van der Waals surface area contributed by atoms with Crippen LogP contribution in [0.1, 0.15) is 31.2 Å². The fourth-order valence-electron chi connectivity index (χ4n) is 3.45. The van der Waals surface area contributed by atoms with Gasteiger partial charge in [0.1, 0.15) is 6.04 Å². The second-order valence-electron chi connectivity index (χ2n) is 6.82. The van der Waals surface area contributed by atoms with Crippen LogP contribution in [0.5, 0.6) is 0 Å². The highest BCUT2D eigenvalue weighted by Crippen LogP contribution is 2.34. The summed E-state index contributed by atoms with van der Waals surface area (Å²) >= 11 is 7.52. The van der Waals surface area contributed by atoms with Gasteiger partial charge in [-0.1, -0.05) is 29.0 Å². The lowest BCUT2D eigenvalue weighted by molar-refractivity contribution is -0.117. The maximum Gasteiger partial charge on any atom is 0.247 e. The molecule has 2 aromatic rings. The topological polar surface area (TPSA) is 78.4 Å². The average molecular weight is 406 g/mol. The zero-order chi connectivity index (χ0) is 19.0. The molecule has 1 aromatic heterocycles. The number of benzene rings is 1. The molecular weight excluding hydrogens is 386 g/mol. The lowest BCUT2D eigenvalue weighted by Crippen LogP contribution is -2.39. The maximum atomic E-state index is 12.8. The van der Waals surface area contributed by atoms with Gasteiger partial charge in [0, 0.05) is 30.2 Å². The first-order chi connectivity index (χ1) is 13.0. The number of anilines is 3. The summed E-state index contributed by atoms with van der Waals surface area (Å²) in [5.74, 6) is 0.00563. The van der Waals surface area contributed by atoms with Crippen molar-refractivity contribution >= 4 is 50.7 Å². The zero-order valence-electron chi connectivity index (χ0n) is 14.9. The van der Waals surface area contributed by atoms with E-state index in [1.807, 2.05) is 24.0 Å². The fraction of sp³-hybridized carbons (Fsp3) is 0.444. The van der Waals surface area contributed by atoms with E-state index in [2.05, 4.69) is 15.5 Å². The van der Waals surface area contributed by atoms with E-state index >= 15 is 0 Å². The third kappa shape index (κ3) is 3.64. The first-order valence-corrected chi connectivity index (χ1v) is 10.2. The van der Waals surface area contributed by atoms with Crippen LogP contribution in [-0.2, 0) is 9.59 Å². The van der Waals surface area contributed by atoms with Crippen molar-refractivity contribution in [3.05, 3.63) is 28.8 Å². The first-order valence-electron chi connectivity index (χ1n) is 9.00. The monoisotopic (exact) mass is 405 g/mol. The number of nitrogens with zero attached hydrogens (tertiary/aromatic N) is 4. The average Bonchev–Trinajstić information content (AvgIpc) is 3.37. The summed E-state index contributed by atoms with van der Waals surface area (Å²) in [5.41, 5.74) is 1.65. The molecule has 7 nitrogen and oxygen atoms in total. The van der Waals surface area contributed by atoms with Gasteiger partial charge >= 0.3 is 0 Å². The molecule has 2 amide bonds. The number of carbonyl (C=O) groups excluding carboxylic acids is 2. The molecule has 0 radical (unpaired) electrons. The second kappa shape index (κ2) is 7.44. The van der Waals surface area contributed by atoms with Crippen LogP contribution in [0.25, 0.3) is 0 Å². The van der Waals surface area contributed by atoms with Crippen LogP contribution < -0.4 is 15.1 Å². The minimum Gasteiger partial charge on any atom is -0.335 e. The summed E-state index contributed by atoms with van der Waals surface area (Å²) in [6, 6.07) is 5.19. The molecule has 1 aromatic carbocycles. The number of nitrogens with one attached hydrogen (secondary N) is 1. The largest absolute Gasteiger partial charge is 0.335 e. The van der Waals surface area contributed by atoms with Crippen molar-refractivity contribution in [1.82, 2.24) is 10.2 Å². The number of halogens is 1. The Morgan fingerprint density at radius 2 is 2.07 bits per heavy atom. The molecule has 2 aliphatic heterocycles. The van der Waals surface area contributed by atoms with Gasteiger partial charge in [-0.2, -0.15) is 0 Å². The lowest BCUT2D eigenvalue weighted by atomic mass is 10.2. The predicted molar refractivity (Wildman–Crippen MR) is 107 cm³/mol. The number of aryl methyl sites for hydroxylation is 1. The molecule has 1 N–H and O–H groups in total. The third-order valence-corrected chi connectivity index (χ3v) is 6.34. The molecule has 27 heavy (non-hydrogen) atoms. The molecule has 1 unspecified atom stereocenters. The van der Waals surface area contributed by atoms with Crippen LogP contribution in [0.3, 0.4) is 0 Å². The molecule has 4 rings (SSSR count). The highest BCUT2D eigenvalue weighted by atomic mass is 35.5. The number of hydrogen-bond donors (Lipinski definition) is 1. The Morgan fingerprint density at radius 1 is 1.26 bits per heavy atom. The Kier molecular flexibility index (Phi) is 5.01. The number of hydrogen-bond acceptors (Lipinski definition) is 6. The normalized spacial score (nSPS) is 19.8. The van der Waals surface area contributed by atoms with Crippen LogP contribution in [0, 0.1) is 6.92 Å². The standard InChI is InChI=1S/C18H20ClN5O2S/c1-11-6-7-12(10-13(11)19)20-16(26)14-4-2-8-23(14)17-21-22-18(27-17)24-9-3-5-15(24)25/h6-7,10,14H,2-5,8-9H2,1H3,(H,20,26). The fourth-order valence-corrected chi connectivity index (χ4v) is 4.59. The molecule has 1 atom stereocenters. The predicted octanol–water partition coefficient (Wildman–Crippen LogP) is 3.23. The molecular formula is C18H20ClN5O2S. The molecule has 2 saturated heterocycles. The van der Waals surface area contributed by atoms with Crippen molar-refractivity contribution in [1.29, 1.82) is 0 Å². The van der Waals surface area contributed by atoms with E-state index in [0.29, 0.717) is 33.9 Å². The van der Waals surface area contributed by atoms with E-state index in [1.165, 1.54) is 11.3 Å². The first kappa shape index (κ1) is 18.2. The number of aromatic nitrogens is 2. The Balaban J connectivity index is 1.48. The highest BCUT2D eigenvalue weighted by molar-refractivity contribution is 7.19. The van der Waals surface area contributed by atoms with Crippen molar-refractivity contribution < 1.29 is 9.59 Å². The quantitative estimate of drug-likeness (QED) is 0.844. The van der Waals surface area contributed by atoms with Gasteiger partial charge in [0.05, 0.1) is 0 Å². The summed E-state index contributed by atoms with van der Waals surface area (Å²) in [6.45, 7) is 3.35. The smallest absolute Gasteiger partial charge is 0.247 e. The Morgan fingerprint density at radius 3 is 2.81 bits per heavy atom. The molecule has 0 aliphatic carbocycles. The van der Waals surface area contributed by atoms with E-state index < -0.39 is 0 Å². The van der Waals surface area contributed by atoms with Gasteiger partial charge < -0.3 is 10.2 Å². The van der Waals surface area contributed by atoms with Crippen LogP contribution in [-0.4, -0.2) is 41.1 Å². The Bertz CT molecular complexity index is 886. The van der Waals surface area contributed by atoms with Crippen LogP contribution in [0.4, 0.5) is 16.0 Å². The van der Waals surface area contributed by atoms with Gasteiger partial charge in [0.25, 0.3) is 0 Å². The minimum absolute atomic E-state index is 0.0820. The van der Waals surface area contributed by atoms with E-state index in [1.54, 1.807) is 11.0 Å². The van der Waals surface area contributed by atoms with Gasteiger partial charge in [0.15, 0.2) is 0 Å². The third-order valence-electron chi connectivity index (χ3n) is 4.95. The molecule has 3 heterocycles. The maximum absolute atomic E-state index is 12.8. The second-order valence-corrected chi connectivity index (χ2v) is 8.16. The van der Waals surface area contributed by atoms with Crippen molar-refractivity contribution in [2.45, 2.75) is 38.6 Å². The summed E-state index contributed by atoms with van der Waals surface area (Å²) in [7, 11) is 0. The van der Waals surface area contributed by atoms with Crippen molar-refractivity contribution in [2.75, 3.05) is 28.2 Å². The minimum atomic E-state index is -0.305. The van der Waals surface area contributed by atoms with E-state index in [4.69, 9.17) is 11.6 Å². The molecule has 0 bridgehead atoms. The van der Waals surface area contributed by atoms with Crippen molar-refractivity contribution in [2.24, 2.45) is 0 Å². The molecule has 0 spiro atoms. The SMILES string of the molecule is Cc1ccc(NC(=O)C2CCCN2c2nnc(N3CCCC3=O)s2)cc1Cl. The van der Waals surface area contributed by atoms with Crippen LogP contribution in [0.15, 0.2) is 18.2 Å². The van der Waals surface area contributed by atoms with Gasteiger partial charge in [0.2, 0.25) is 22.1 Å². The lowest BCUT2D eigenvalue weighted by Gasteiger charge is -2.22. The van der Waals surface area contributed by atoms with Gasteiger partial charge in [-0.05, 0) is 43.9 Å². The highest BCUT2D eigenvalue weighted by Gasteiger charge is 2.34. The van der Waals surface area contributed by atoms with E-state index in [-0.39, 0.29) is 17.9 Å². The zero-order valence-corrected chi connectivity index (χ0v) is 16.5. The van der Waals surface area contributed by atoms with Gasteiger partial charge in [-0.15, -0.1) is 10.2 Å². The number of rotatable bonds is 4. The van der Waals surface area contributed by atoms with Crippen molar-refractivity contribution in [3.8, 4) is 0 Å². The summed E-state index contributed by atoms with van der Waals surface area (Å²) in [5, 5.41) is 13.3. The molecule has 2 fully saturated rings. The van der Waals surface area contributed by atoms with E-state index in [0.717, 1.165) is 31.4 Å². The summed E-state index contributed by atoms with van der Waals surface area (Å²) in [4.78, 5) is 28.4.